The largest absolute Gasteiger partial charge is 0.384 e. The minimum Gasteiger partial charge on any atom is -0.384 e. The maximum atomic E-state index is 11.2. The first kappa shape index (κ1) is 6.56. The first-order chi connectivity index (χ1) is 3.27. The number of carbonyl (C=O) groups is 1. The van der Waals surface area contributed by atoms with Crippen LogP contribution in [-0.4, -0.2) is 19.8 Å². The van der Waals surface area contributed by atoms with E-state index in [2.05, 4.69) is 4.74 Å². The predicted octanol–water partition coefficient (Wildman–Crippen LogP) is 0.519. The highest BCUT2D eigenvalue weighted by molar-refractivity contribution is 5.67. The van der Waals surface area contributed by atoms with Gasteiger partial charge in [0, 0.05) is 7.11 Å². The maximum absolute atomic E-state index is 11.2. The Morgan fingerprint density at radius 2 is 2.43 bits per heavy atom. The zero-order valence-electron chi connectivity index (χ0n) is 4.11. The highest BCUT2D eigenvalue weighted by atomic mass is 19.1. The second-order valence-corrected chi connectivity index (χ2v) is 1.10. The van der Waals surface area contributed by atoms with Gasteiger partial charge in [0.2, 0.25) is 0 Å². The van der Waals surface area contributed by atoms with Gasteiger partial charge in [-0.2, -0.15) is 4.39 Å². The SMILES string of the molecule is COCCC(=O)F. The molecule has 0 aromatic rings. The molecule has 0 amide bonds. The Kier molecular flexibility index (Phi) is 3.50. The average molecular weight is 106 g/mol. The molecule has 0 radical (unpaired) electrons. The van der Waals surface area contributed by atoms with E-state index in [-0.39, 0.29) is 13.0 Å². The van der Waals surface area contributed by atoms with Gasteiger partial charge < -0.3 is 4.74 Å². The smallest absolute Gasteiger partial charge is 0.303 e. The van der Waals surface area contributed by atoms with Crippen LogP contribution < -0.4 is 0 Å². The van der Waals surface area contributed by atoms with Gasteiger partial charge in [-0.1, -0.05) is 0 Å². The molecule has 0 aliphatic heterocycles. The topological polar surface area (TPSA) is 26.3 Å². The van der Waals surface area contributed by atoms with E-state index in [0.717, 1.165) is 0 Å². The molecule has 42 valence electrons. The molecule has 0 saturated heterocycles. The van der Waals surface area contributed by atoms with Crippen molar-refractivity contribution in [1.82, 2.24) is 0 Å². The van der Waals surface area contributed by atoms with Crippen LogP contribution in [0.4, 0.5) is 4.39 Å². The number of hydrogen-bond donors (Lipinski definition) is 0. The van der Waals surface area contributed by atoms with E-state index in [4.69, 9.17) is 0 Å². The molecule has 2 nitrogen and oxygen atoms in total. The maximum Gasteiger partial charge on any atom is 0.303 e. The average Bonchev–Trinajstić information content (AvgIpc) is 1.61. The number of ether oxygens (including phenoxy) is 1. The van der Waals surface area contributed by atoms with Gasteiger partial charge in [-0.05, 0) is 0 Å². The van der Waals surface area contributed by atoms with Gasteiger partial charge in [-0.25, -0.2) is 0 Å². The number of carbonyl (C=O) groups excluding carboxylic acids is 1. The molecule has 0 atom stereocenters. The van der Waals surface area contributed by atoms with Crippen LogP contribution in [0.3, 0.4) is 0 Å². The standard InChI is InChI=1S/C4H7FO2/c1-7-3-2-4(5)6/h2-3H2,1H3. The van der Waals surface area contributed by atoms with Crippen molar-refractivity contribution in [3.05, 3.63) is 0 Å². The zero-order valence-corrected chi connectivity index (χ0v) is 4.11. The van der Waals surface area contributed by atoms with Gasteiger partial charge in [-0.3, -0.25) is 4.79 Å². The highest BCUT2D eigenvalue weighted by Gasteiger charge is 1.93. The summed E-state index contributed by atoms with van der Waals surface area (Å²) >= 11 is 0. The van der Waals surface area contributed by atoms with Crippen LogP contribution in [0.25, 0.3) is 0 Å². The molecule has 7 heavy (non-hydrogen) atoms. The monoisotopic (exact) mass is 106 g/mol. The summed E-state index contributed by atoms with van der Waals surface area (Å²) in [6.45, 7) is 0.176. The quantitative estimate of drug-likeness (QED) is 0.490. The number of halogens is 1. The number of methoxy groups -OCH3 is 1. The summed E-state index contributed by atoms with van der Waals surface area (Å²) in [5.74, 6) is 0. The number of rotatable bonds is 3. The molecule has 0 rings (SSSR count). The van der Waals surface area contributed by atoms with E-state index in [1.807, 2.05) is 0 Å². The van der Waals surface area contributed by atoms with E-state index in [0.29, 0.717) is 0 Å². The molecule has 0 bridgehead atoms. The molecule has 0 N–H and O–H groups in total. The zero-order chi connectivity index (χ0) is 5.70. The second kappa shape index (κ2) is 3.74. The van der Waals surface area contributed by atoms with Crippen molar-refractivity contribution in [2.75, 3.05) is 13.7 Å². The van der Waals surface area contributed by atoms with Crippen molar-refractivity contribution in [2.45, 2.75) is 6.42 Å². The van der Waals surface area contributed by atoms with Crippen LogP contribution in [0.2, 0.25) is 0 Å². The summed E-state index contributed by atoms with van der Waals surface area (Å²) in [7, 11) is 1.42. The molecule has 0 unspecified atom stereocenters. The van der Waals surface area contributed by atoms with Gasteiger partial charge in [0.15, 0.2) is 0 Å². The third-order valence-electron chi connectivity index (χ3n) is 0.503. The van der Waals surface area contributed by atoms with Crippen molar-refractivity contribution in [3.63, 3.8) is 0 Å². The molecule has 0 aliphatic carbocycles. The normalized spacial score (nSPS) is 8.86. The lowest BCUT2D eigenvalue weighted by Crippen LogP contribution is -1.94. The first-order valence-corrected chi connectivity index (χ1v) is 1.94. The van der Waals surface area contributed by atoms with Crippen LogP contribution in [0.1, 0.15) is 6.42 Å². The third-order valence-corrected chi connectivity index (χ3v) is 0.503. The minimum atomic E-state index is -1.32. The van der Waals surface area contributed by atoms with E-state index >= 15 is 0 Å². The highest BCUT2D eigenvalue weighted by Crippen LogP contribution is 1.82. The van der Waals surface area contributed by atoms with Gasteiger partial charge in [-0.15, -0.1) is 0 Å². The molecule has 0 aromatic carbocycles. The van der Waals surface area contributed by atoms with Gasteiger partial charge in [0.05, 0.1) is 13.0 Å². The van der Waals surface area contributed by atoms with Crippen molar-refractivity contribution in [3.8, 4) is 0 Å². The van der Waals surface area contributed by atoms with Crippen LogP contribution in [0, 0.1) is 0 Å². The van der Waals surface area contributed by atoms with Crippen molar-refractivity contribution >= 4 is 6.04 Å². The Balaban J connectivity index is 2.82. The molecule has 3 heteroatoms. The summed E-state index contributed by atoms with van der Waals surface area (Å²) in [4.78, 5) is 9.46. The fourth-order valence-corrected chi connectivity index (χ4v) is 0.182. The van der Waals surface area contributed by atoms with E-state index < -0.39 is 6.04 Å². The molecule has 0 saturated carbocycles. The lowest BCUT2D eigenvalue weighted by molar-refractivity contribution is -0.130. The van der Waals surface area contributed by atoms with Crippen LogP contribution in [0.5, 0.6) is 0 Å². The Morgan fingerprint density at radius 3 is 2.57 bits per heavy atom. The van der Waals surface area contributed by atoms with Crippen LogP contribution in [-0.2, 0) is 9.53 Å². The Bertz CT molecular complexity index is 62.7. The predicted molar refractivity (Wildman–Crippen MR) is 22.6 cm³/mol. The van der Waals surface area contributed by atoms with E-state index in [9.17, 15) is 9.18 Å². The molecule has 0 aliphatic rings. The van der Waals surface area contributed by atoms with Crippen molar-refractivity contribution in [2.24, 2.45) is 0 Å². The summed E-state index contributed by atoms with van der Waals surface area (Å²) in [6, 6.07) is -1.32. The third kappa shape index (κ3) is 5.56. The fourth-order valence-electron chi connectivity index (χ4n) is 0.182. The minimum absolute atomic E-state index is 0.128. The van der Waals surface area contributed by atoms with Gasteiger partial charge in [0.25, 0.3) is 0 Å². The fraction of sp³-hybridized carbons (Fsp3) is 0.750. The second-order valence-electron chi connectivity index (χ2n) is 1.10. The molecule has 0 spiro atoms. The van der Waals surface area contributed by atoms with Crippen LogP contribution in [0.15, 0.2) is 0 Å². The summed E-state index contributed by atoms with van der Waals surface area (Å²) in [5.41, 5.74) is 0. The lowest BCUT2D eigenvalue weighted by Gasteiger charge is -1.87. The molecule has 0 fully saturated rings. The number of hydrogen-bond acceptors (Lipinski definition) is 2. The summed E-state index contributed by atoms with van der Waals surface area (Å²) in [5, 5.41) is 0. The molecule has 0 heterocycles. The van der Waals surface area contributed by atoms with Gasteiger partial charge >= 0.3 is 6.04 Å². The molecule has 0 aromatic heterocycles. The van der Waals surface area contributed by atoms with Gasteiger partial charge in [0.1, 0.15) is 0 Å². The molecular formula is C4H7FO2. The van der Waals surface area contributed by atoms with E-state index in [1.165, 1.54) is 7.11 Å². The lowest BCUT2D eigenvalue weighted by atomic mass is 10.5. The first-order valence-electron chi connectivity index (χ1n) is 1.94. The Hall–Kier alpha value is -0.440. The summed E-state index contributed by atoms with van der Waals surface area (Å²) < 4.78 is 15.6. The van der Waals surface area contributed by atoms with E-state index in [1.54, 1.807) is 0 Å². The molecular weight excluding hydrogens is 99.0 g/mol. The Morgan fingerprint density at radius 1 is 1.86 bits per heavy atom. The van der Waals surface area contributed by atoms with Crippen molar-refractivity contribution in [1.29, 1.82) is 0 Å². The Labute approximate surface area is 41.3 Å². The summed E-state index contributed by atoms with van der Waals surface area (Å²) in [6.07, 6.45) is -0.128. The van der Waals surface area contributed by atoms with Crippen molar-refractivity contribution < 1.29 is 13.9 Å². The van der Waals surface area contributed by atoms with Crippen LogP contribution >= 0.6 is 0 Å².